The molecule has 0 amide bonds. The lowest BCUT2D eigenvalue weighted by atomic mass is 10.0. The maximum atomic E-state index is 5.88. The Morgan fingerprint density at radius 3 is 3.00 bits per heavy atom. The number of benzene rings is 2. The van der Waals surface area contributed by atoms with Gasteiger partial charge in [0.05, 0.1) is 6.54 Å². The third kappa shape index (κ3) is 2.23. The van der Waals surface area contributed by atoms with Gasteiger partial charge < -0.3 is 15.1 Å². The van der Waals surface area contributed by atoms with E-state index < -0.39 is 0 Å². The molecule has 21 heavy (non-hydrogen) atoms. The first-order valence-electron chi connectivity index (χ1n) is 7.27. The maximum absolute atomic E-state index is 5.88. The number of aryl methyl sites for hydroxylation is 1. The highest BCUT2D eigenvalue weighted by Gasteiger charge is 2.19. The van der Waals surface area contributed by atoms with Crippen molar-refractivity contribution in [2.75, 3.05) is 17.2 Å². The zero-order valence-electron chi connectivity index (χ0n) is 11.7. The minimum absolute atomic E-state index is 0.700. The summed E-state index contributed by atoms with van der Waals surface area (Å²) in [6.07, 6.45) is 2.22. The van der Waals surface area contributed by atoms with E-state index in [0.29, 0.717) is 6.54 Å². The lowest BCUT2D eigenvalue weighted by Gasteiger charge is -2.30. The van der Waals surface area contributed by atoms with Crippen molar-refractivity contribution in [1.82, 2.24) is 4.98 Å². The second-order valence-corrected chi connectivity index (χ2v) is 5.49. The molecule has 2 aromatic carbocycles. The highest BCUT2D eigenvalue weighted by Crippen LogP contribution is 2.30. The SMILES string of the molecule is Nc1ccc2c(c1)CCCN2Cc1nc2ccccc2o1. The molecular weight excluding hydrogens is 262 g/mol. The van der Waals surface area contributed by atoms with Gasteiger partial charge in [-0.3, -0.25) is 0 Å². The average molecular weight is 279 g/mol. The number of nitrogens with zero attached hydrogens (tertiary/aromatic N) is 2. The third-order valence-corrected chi connectivity index (χ3v) is 3.98. The lowest BCUT2D eigenvalue weighted by molar-refractivity contribution is 0.513. The van der Waals surface area contributed by atoms with Crippen molar-refractivity contribution in [1.29, 1.82) is 0 Å². The minimum Gasteiger partial charge on any atom is -0.439 e. The number of fused-ring (bicyclic) bond motifs is 2. The van der Waals surface area contributed by atoms with Crippen LogP contribution in [-0.2, 0) is 13.0 Å². The van der Waals surface area contributed by atoms with Gasteiger partial charge in [0.15, 0.2) is 5.58 Å². The van der Waals surface area contributed by atoms with Crippen LogP contribution in [0.25, 0.3) is 11.1 Å². The Balaban J connectivity index is 1.66. The Bertz CT molecular complexity index is 761. The molecule has 2 N–H and O–H groups in total. The van der Waals surface area contributed by atoms with Crippen molar-refractivity contribution in [3.8, 4) is 0 Å². The fraction of sp³-hybridized carbons (Fsp3) is 0.235. The van der Waals surface area contributed by atoms with Crippen LogP contribution in [0.1, 0.15) is 17.9 Å². The van der Waals surface area contributed by atoms with Gasteiger partial charge in [0.2, 0.25) is 5.89 Å². The second-order valence-electron chi connectivity index (χ2n) is 5.49. The van der Waals surface area contributed by atoms with Crippen molar-refractivity contribution < 1.29 is 4.42 Å². The van der Waals surface area contributed by atoms with Gasteiger partial charge >= 0.3 is 0 Å². The molecule has 4 heteroatoms. The van der Waals surface area contributed by atoms with E-state index in [0.717, 1.165) is 42.1 Å². The van der Waals surface area contributed by atoms with E-state index >= 15 is 0 Å². The smallest absolute Gasteiger partial charge is 0.215 e. The summed E-state index contributed by atoms with van der Waals surface area (Å²) in [5, 5.41) is 0. The van der Waals surface area contributed by atoms with Gasteiger partial charge in [-0.2, -0.15) is 0 Å². The monoisotopic (exact) mass is 279 g/mol. The number of hydrogen-bond acceptors (Lipinski definition) is 4. The zero-order chi connectivity index (χ0) is 14.2. The molecule has 0 unspecified atom stereocenters. The van der Waals surface area contributed by atoms with E-state index in [9.17, 15) is 0 Å². The first-order chi connectivity index (χ1) is 10.3. The Morgan fingerprint density at radius 1 is 1.19 bits per heavy atom. The van der Waals surface area contributed by atoms with Gasteiger partial charge in [-0.25, -0.2) is 4.98 Å². The molecular formula is C17H17N3O. The highest BCUT2D eigenvalue weighted by atomic mass is 16.3. The molecule has 4 rings (SSSR count). The second kappa shape index (κ2) is 4.81. The number of nitrogen functional groups attached to an aromatic ring is 1. The molecule has 0 saturated carbocycles. The van der Waals surface area contributed by atoms with Gasteiger partial charge in [-0.05, 0) is 48.7 Å². The summed E-state index contributed by atoms with van der Waals surface area (Å²) in [4.78, 5) is 6.89. The molecule has 0 spiro atoms. The Hall–Kier alpha value is -2.49. The fourth-order valence-electron chi connectivity index (χ4n) is 3.01. The molecule has 1 aliphatic rings. The molecule has 0 atom stereocenters. The molecule has 2 heterocycles. The molecule has 4 nitrogen and oxygen atoms in total. The Kier molecular flexibility index (Phi) is 2.81. The van der Waals surface area contributed by atoms with Crippen LogP contribution in [0.4, 0.5) is 11.4 Å². The van der Waals surface area contributed by atoms with Crippen molar-refractivity contribution in [2.24, 2.45) is 0 Å². The summed E-state index contributed by atoms with van der Waals surface area (Å²) in [6, 6.07) is 14.0. The van der Waals surface area contributed by atoms with Crippen LogP contribution in [0.15, 0.2) is 46.9 Å². The molecule has 0 aliphatic carbocycles. The summed E-state index contributed by atoms with van der Waals surface area (Å²) in [5.41, 5.74) is 11.0. The standard InChI is InChI=1S/C17H17N3O/c18-13-7-8-15-12(10-13)4-3-9-20(15)11-17-19-14-5-1-2-6-16(14)21-17/h1-2,5-8,10H,3-4,9,11,18H2. The summed E-state index contributed by atoms with van der Waals surface area (Å²) in [6.45, 7) is 1.72. The molecule has 0 fully saturated rings. The van der Waals surface area contributed by atoms with E-state index in [4.69, 9.17) is 10.2 Å². The molecule has 1 aromatic heterocycles. The van der Waals surface area contributed by atoms with Gasteiger partial charge in [-0.15, -0.1) is 0 Å². The number of aromatic nitrogens is 1. The molecule has 0 bridgehead atoms. The van der Waals surface area contributed by atoms with Crippen molar-refractivity contribution in [2.45, 2.75) is 19.4 Å². The van der Waals surface area contributed by atoms with Crippen molar-refractivity contribution >= 4 is 22.5 Å². The zero-order valence-corrected chi connectivity index (χ0v) is 11.7. The van der Waals surface area contributed by atoms with Gasteiger partial charge in [0, 0.05) is 17.9 Å². The highest BCUT2D eigenvalue weighted by molar-refractivity contribution is 5.72. The normalized spacial score (nSPS) is 14.4. The summed E-state index contributed by atoms with van der Waals surface area (Å²) in [7, 11) is 0. The van der Waals surface area contributed by atoms with Gasteiger partial charge in [0.1, 0.15) is 5.52 Å². The number of oxazole rings is 1. The van der Waals surface area contributed by atoms with Crippen LogP contribution < -0.4 is 10.6 Å². The molecule has 106 valence electrons. The van der Waals surface area contributed by atoms with Crippen LogP contribution >= 0.6 is 0 Å². The predicted molar refractivity (Wildman–Crippen MR) is 84.2 cm³/mol. The third-order valence-electron chi connectivity index (χ3n) is 3.98. The predicted octanol–water partition coefficient (Wildman–Crippen LogP) is 3.36. The fourth-order valence-corrected chi connectivity index (χ4v) is 3.01. The first kappa shape index (κ1) is 12.3. The molecule has 1 aliphatic heterocycles. The number of rotatable bonds is 2. The topological polar surface area (TPSA) is 55.3 Å². The Morgan fingerprint density at radius 2 is 2.10 bits per heavy atom. The van der Waals surface area contributed by atoms with Gasteiger partial charge in [0.25, 0.3) is 0 Å². The Labute approximate surface area is 123 Å². The minimum atomic E-state index is 0.700. The molecule has 0 radical (unpaired) electrons. The van der Waals surface area contributed by atoms with Crippen LogP contribution in [0.2, 0.25) is 0 Å². The van der Waals surface area contributed by atoms with E-state index in [1.165, 1.54) is 11.3 Å². The van der Waals surface area contributed by atoms with E-state index in [1.54, 1.807) is 0 Å². The summed E-state index contributed by atoms with van der Waals surface area (Å²) < 4.78 is 5.83. The summed E-state index contributed by atoms with van der Waals surface area (Å²) >= 11 is 0. The lowest BCUT2D eigenvalue weighted by Crippen LogP contribution is -2.28. The number of hydrogen-bond donors (Lipinski definition) is 1. The van der Waals surface area contributed by atoms with E-state index in [1.807, 2.05) is 30.3 Å². The molecule has 3 aromatic rings. The number of nitrogens with two attached hydrogens (primary N) is 1. The molecule has 0 saturated heterocycles. The van der Waals surface area contributed by atoms with Crippen molar-refractivity contribution in [3.05, 3.63) is 53.9 Å². The summed E-state index contributed by atoms with van der Waals surface area (Å²) in [5.74, 6) is 0.765. The maximum Gasteiger partial charge on any atom is 0.215 e. The van der Waals surface area contributed by atoms with Crippen LogP contribution in [0.5, 0.6) is 0 Å². The quantitative estimate of drug-likeness (QED) is 0.731. The van der Waals surface area contributed by atoms with Crippen LogP contribution in [-0.4, -0.2) is 11.5 Å². The van der Waals surface area contributed by atoms with Crippen molar-refractivity contribution in [3.63, 3.8) is 0 Å². The van der Waals surface area contributed by atoms with E-state index in [-0.39, 0.29) is 0 Å². The number of anilines is 2. The van der Waals surface area contributed by atoms with Crippen LogP contribution in [0.3, 0.4) is 0 Å². The first-order valence-corrected chi connectivity index (χ1v) is 7.27. The average Bonchev–Trinajstić information content (AvgIpc) is 2.89. The number of para-hydroxylation sites is 2. The van der Waals surface area contributed by atoms with Gasteiger partial charge in [-0.1, -0.05) is 12.1 Å². The van der Waals surface area contributed by atoms with E-state index in [2.05, 4.69) is 22.0 Å². The van der Waals surface area contributed by atoms with Crippen LogP contribution in [0, 0.1) is 0 Å². The largest absolute Gasteiger partial charge is 0.439 e.